The van der Waals surface area contributed by atoms with Crippen molar-refractivity contribution >= 4 is 28.9 Å². The predicted octanol–water partition coefficient (Wildman–Crippen LogP) is 7.82. The molecule has 0 unspecified atom stereocenters. The number of rotatable bonds is 6. The molecule has 7 heteroatoms. The van der Waals surface area contributed by atoms with Crippen molar-refractivity contribution in [3.05, 3.63) is 123 Å². The van der Waals surface area contributed by atoms with Gasteiger partial charge in [-0.15, -0.1) is 0 Å². The first kappa shape index (κ1) is 23.7. The maximum Gasteiger partial charge on any atom is 0.214 e. The number of hydrazone groups is 1. The van der Waals surface area contributed by atoms with Crippen LogP contribution < -0.4 is 14.2 Å². The van der Waals surface area contributed by atoms with E-state index in [0.717, 1.165) is 45.9 Å². The SMILES string of the molecule is COc1cccc2c1O[C@@H](c1ccc(OCc3ccc(Cl)cc3)cc1)N1N=C(c3ccc(Cl)cc3)C[C@H]21. The number of benzene rings is 4. The molecular formula is C30H24Cl2N2O3. The molecule has 0 aromatic heterocycles. The van der Waals surface area contributed by atoms with E-state index in [4.69, 9.17) is 42.5 Å². The van der Waals surface area contributed by atoms with E-state index in [1.165, 1.54) is 0 Å². The summed E-state index contributed by atoms with van der Waals surface area (Å²) in [5.74, 6) is 2.24. The number of fused-ring (bicyclic) bond motifs is 3. The molecule has 2 aliphatic rings. The van der Waals surface area contributed by atoms with Gasteiger partial charge in [0.2, 0.25) is 6.23 Å². The van der Waals surface area contributed by atoms with E-state index in [1.807, 2.05) is 84.9 Å². The van der Waals surface area contributed by atoms with Gasteiger partial charge in [-0.05, 0) is 65.7 Å². The lowest BCUT2D eigenvalue weighted by Crippen LogP contribution is -2.33. The fourth-order valence-corrected chi connectivity index (χ4v) is 5.01. The van der Waals surface area contributed by atoms with Crippen molar-refractivity contribution in [3.8, 4) is 17.2 Å². The molecular weight excluding hydrogens is 507 g/mol. The average molecular weight is 531 g/mol. The van der Waals surface area contributed by atoms with E-state index in [2.05, 4.69) is 11.1 Å². The second-order valence-corrected chi connectivity index (χ2v) is 9.86. The molecule has 6 rings (SSSR count). The lowest BCUT2D eigenvalue weighted by Gasteiger charge is -2.38. The van der Waals surface area contributed by atoms with E-state index < -0.39 is 6.23 Å². The van der Waals surface area contributed by atoms with Crippen LogP contribution in [0.2, 0.25) is 10.0 Å². The Morgan fingerprint density at radius 1 is 0.892 bits per heavy atom. The van der Waals surface area contributed by atoms with Crippen LogP contribution in [-0.2, 0) is 6.61 Å². The van der Waals surface area contributed by atoms with Crippen LogP contribution in [0.5, 0.6) is 17.2 Å². The highest BCUT2D eigenvalue weighted by molar-refractivity contribution is 6.30. The first-order chi connectivity index (χ1) is 18.1. The largest absolute Gasteiger partial charge is 0.493 e. The molecule has 0 spiro atoms. The van der Waals surface area contributed by atoms with Crippen LogP contribution in [0.3, 0.4) is 0 Å². The molecule has 37 heavy (non-hydrogen) atoms. The normalized spacial score (nSPS) is 17.9. The third-order valence-electron chi connectivity index (χ3n) is 6.66. The molecule has 0 saturated heterocycles. The van der Waals surface area contributed by atoms with Crippen LogP contribution in [-0.4, -0.2) is 17.8 Å². The van der Waals surface area contributed by atoms with Crippen molar-refractivity contribution in [1.29, 1.82) is 0 Å². The van der Waals surface area contributed by atoms with Gasteiger partial charge >= 0.3 is 0 Å². The van der Waals surface area contributed by atoms with Crippen molar-refractivity contribution in [1.82, 2.24) is 5.01 Å². The molecule has 4 aromatic rings. The molecule has 4 aromatic carbocycles. The zero-order valence-corrected chi connectivity index (χ0v) is 21.6. The molecule has 5 nitrogen and oxygen atoms in total. The standard InChI is InChI=1S/C30H24Cl2N2O3/c1-35-28-4-2-3-25-27-17-26(20-7-13-23(32)14-8-20)33-34(27)30(37-29(25)28)21-9-15-24(16-10-21)36-18-19-5-11-22(31)12-6-19/h2-16,27,30H,17-18H2,1H3/t27-,30+/m1/s1. The van der Waals surface area contributed by atoms with E-state index >= 15 is 0 Å². The van der Waals surface area contributed by atoms with E-state index in [-0.39, 0.29) is 6.04 Å². The molecule has 186 valence electrons. The number of hydrogen-bond acceptors (Lipinski definition) is 5. The molecule has 2 aliphatic heterocycles. The zero-order valence-electron chi connectivity index (χ0n) is 20.1. The second kappa shape index (κ2) is 10.0. The highest BCUT2D eigenvalue weighted by Crippen LogP contribution is 2.50. The lowest BCUT2D eigenvalue weighted by molar-refractivity contribution is -0.0209. The minimum absolute atomic E-state index is 0.0235. The zero-order chi connectivity index (χ0) is 25.4. The summed E-state index contributed by atoms with van der Waals surface area (Å²) >= 11 is 12.1. The minimum atomic E-state index is -0.413. The number of methoxy groups -OCH3 is 1. The van der Waals surface area contributed by atoms with Crippen molar-refractivity contribution < 1.29 is 14.2 Å². The third kappa shape index (κ3) is 4.73. The summed E-state index contributed by atoms with van der Waals surface area (Å²) in [6.45, 7) is 0.462. The molecule has 0 saturated carbocycles. The lowest BCUT2D eigenvalue weighted by atomic mass is 9.95. The van der Waals surface area contributed by atoms with Crippen LogP contribution in [0.15, 0.2) is 96.1 Å². The second-order valence-electron chi connectivity index (χ2n) is 8.99. The van der Waals surface area contributed by atoms with Crippen LogP contribution >= 0.6 is 23.2 Å². The summed E-state index contributed by atoms with van der Waals surface area (Å²) in [4.78, 5) is 0. The van der Waals surface area contributed by atoms with Gasteiger partial charge < -0.3 is 14.2 Å². The average Bonchev–Trinajstić information content (AvgIpc) is 3.38. The summed E-state index contributed by atoms with van der Waals surface area (Å²) in [6.07, 6.45) is 0.341. The molecule has 0 bridgehead atoms. The Labute approximate surface area is 225 Å². The Morgan fingerprint density at radius 3 is 2.30 bits per heavy atom. The summed E-state index contributed by atoms with van der Waals surface area (Å²) in [7, 11) is 1.66. The summed E-state index contributed by atoms with van der Waals surface area (Å²) in [5.41, 5.74) is 5.13. The summed E-state index contributed by atoms with van der Waals surface area (Å²) in [6, 6.07) is 29.4. The highest BCUT2D eigenvalue weighted by Gasteiger charge is 2.42. The summed E-state index contributed by atoms with van der Waals surface area (Å²) in [5, 5.41) is 8.49. The number of hydrogen-bond donors (Lipinski definition) is 0. The van der Waals surface area contributed by atoms with Crippen LogP contribution in [0.1, 0.15) is 40.9 Å². The van der Waals surface area contributed by atoms with Crippen LogP contribution in [0.4, 0.5) is 0 Å². The number of para-hydroxylation sites is 1. The van der Waals surface area contributed by atoms with Gasteiger partial charge in [0.1, 0.15) is 12.4 Å². The number of halogens is 2. The predicted molar refractivity (Wildman–Crippen MR) is 146 cm³/mol. The van der Waals surface area contributed by atoms with Crippen LogP contribution in [0, 0.1) is 0 Å². The Kier molecular flexibility index (Phi) is 6.41. The Bertz CT molecular complexity index is 1440. The monoisotopic (exact) mass is 530 g/mol. The fourth-order valence-electron chi connectivity index (χ4n) is 4.76. The van der Waals surface area contributed by atoms with Gasteiger partial charge in [0.15, 0.2) is 11.5 Å². The van der Waals surface area contributed by atoms with Gasteiger partial charge in [0.05, 0.1) is 18.9 Å². The molecule has 0 amide bonds. The molecule has 0 radical (unpaired) electrons. The molecule has 2 atom stereocenters. The smallest absolute Gasteiger partial charge is 0.214 e. The highest BCUT2D eigenvalue weighted by atomic mass is 35.5. The van der Waals surface area contributed by atoms with Crippen molar-refractivity contribution in [2.75, 3.05) is 7.11 Å². The van der Waals surface area contributed by atoms with Gasteiger partial charge in [-0.2, -0.15) is 5.10 Å². The van der Waals surface area contributed by atoms with Crippen molar-refractivity contribution in [2.24, 2.45) is 5.10 Å². The number of ether oxygens (including phenoxy) is 3. The third-order valence-corrected chi connectivity index (χ3v) is 7.17. The molecule has 0 fully saturated rings. The van der Waals surface area contributed by atoms with Gasteiger partial charge in [-0.1, -0.05) is 59.6 Å². The van der Waals surface area contributed by atoms with E-state index in [9.17, 15) is 0 Å². The first-order valence-corrected chi connectivity index (χ1v) is 12.8. The maximum absolute atomic E-state index is 6.56. The topological polar surface area (TPSA) is 43.3 Å². The van der Waals surface area contributed by atoms with E-state index in [0.29, 0.717) is 22.4 Å². The van der Waals surface area contributed by atoms with Gasteiger partial charge in [0, 0.05) is 27.6 Å². The number of nitrogens with zero attached hydrogens (tertiary/aromatic N) is 2. The first-order valence-electron chi connectivity index (χ1n) is 12.0. The maximum atomic E-state index is 6.56. The minimum Gasteiger partial charge on any atom is -0.493 e. The van der Waals surface area contributed by atoms with E-state index in [1.54, 1.807) is 7.11 Å². The summed E-state index contributed by atoms with van der Waals surface area (Å²) < 4.78 is 18.2. The van der Waals surface area contributed by atoms with Crippen LogP contribution in [0.25, 0.3) is 0 Å². The molecule has 2 heterocycles. The van der Waals surface area contributed by atoms with Crippen molar-refractivity contribution in [3.63, 3.8) is 0 Å². The van der Waals surface area contributed by atoms with Gasteiger partial charge in [-0.3, -0.25) is 0 Å². The van der Waals surface area contributed by atoms with Gasteiger partial charge in [0.25, 0.3) is 0 Å². The molecule has 0 N–H and O–H groups in total. The molecule has 0 aliphatic carbocycles. The van der Waals surface area contributed by atoms with Gasteiger partial charge in [-0.25, -0.2) is 5.01 Å². The Hall–Kier alpha value is -3.67. The Balaban J connectivity index is 1.29. The van der Waals surface area contributed by atoms with Crippen molar-refractivity contribution in [2.45, 2.75) is 25.3 Å². The fraction of sp³-hybridized carbons (Fsp3) is 0.167. The Morgan fingerprint density at radius 2 is 1.59 bits per heavy atom. The quantitative estimate of drug-likeness (QED) is 0.254.